The highest BCUT2D eigenvalue weighted by atomic mass is 16.2. The van der Waals surface area contributed by atoms with Crippen LogP contribution >= 0.6 is 0 Å². The van der Waals surface area contributed by atoms with E-state index in [0.717, 1.165) is 35.6 Å². The van der Waals surface area contributed by atoms with Crippen molar-refractivity contribution in [2.24, 2.45) is 0 Å². The number of carbonyl (C=O) groups excluding carboxylic acids is 2. The first-order valence-electron chi connectivity index (χ1n) is 11.2. The molecule has 0 N–H and O–H groups in total. The van der Waals surface area contributed by atoms with E-state index in [-0.39, 0.29) is 11.8 Å². The predicted molar refractivity (Wildman–Crippen MR) is 130 cm³/mol. The number of hydrogen-bond donors (Lipinski definition) is 0. The second-order valence-corrected chi connectivity index (χ2v) is 8.49. The Morgan fingerprint density at radius 2 is 1.45 bits per heavy atom. The lowest BCUT2D eigenvalue weighted by Gasteiger charge is -2.37. The molecule has 2 aliphatic heterocycles. The van der Waals surface area contributed by atoms with Gasteiger partial charge in [0.15, 0.2) is 0 Å². The van der Waals surface area contributed by atoms with Crippen molar-refractivity contribution in [3.8, 4) is 0 Å². The number of piperazine rings is 1. The summed E-state index contributed by atoms with van der Waals surface area (Å²) in [6, 6.07) is 21.1. The van der Waals surface area contributed by atoms with Crippen molar-refractivity contribution >= 4 is 28.9 Å². The molecular formula is C27H26N4O2. The third kappa shape index (κ3) is 3.78. The van der Waals surface area contributed by atoms with Crippen molar-refractivity contribution in [2.75, 3.05) is 36.0 Å². The Labute approximate surface area is 193 Å². The minimum atomic E-state index is -0.264. The molecule has 1 fully saturated rings. The number of hydrogen-bond acceptors (Lipinski definition) is 5. The van der Waals surface area contributed by atoms with Crippen LogP contribution in [0, 0.1) is 13.8 Å². The van der Waals surface area contributed by atoms with Crippen LogP contribution in [0.5, 0.6) is 0 Å². The Kier molecular flexibility index (Phi) is 5.42. The number of aromatic nitrogens is 1. The first-order chi connectivity index (χ1) is 16.0. The monoisotopic (exact) mass is 438 g/mol. The molecule has 5 rings (SSSR count). The lowest BCUT2D eigenvalue weighted by molar-refractivity contribution is -0.120. The summed E-state index contributed by atoms with van der Waals surface area (Å²) in [5.41, 5.74) is 4.52. The number of anilines is 2. The fourth-order valence-electron chi connectivity index (χ4n) is 4.66. The topological polar surface area (TPSA) is 56.8 Å². The Morgan fingerprint density at radius 1 is 0.758 bits per heavy atom. The van der Waals surface area contributed by atoms with Crippen molar-refractivity contribution < 1.29 is 9.59 Å². The van der Waals surface area contributed by atoms with E-state index < -0.39 is 0 Å². The lowest BCUT2D eigenvalue weighted by Crippen LogP contribution is -2.48. The maximum atomic E-state index is 13.7. The first kappa shape index (κ1) is 20.9. The molecule has 0 aliphatic carbocycles. The largest absolute Gasteiger partial charge is 0.363 e. The minimum Gasteiger partial charge on any atom is -0.363 e. The van der Waals surface area contributed by atoms with Crippen molar-refractivity contribution in [1.82, 2.24) is 9.88 Å². The van der Waals surface area contributed by atoms with Gasteiger partial charge >= 0.3 is 0 Å². The van der Waals surface area contributed by atoms with Crippen LogP contribution in [-0.4, -0.2) is 47.9 Å². The fraction of sp³-hybridized carbons (Fsp3) is 0.222. The van der Waals surface area contributed by atoms with Gasteiger partial charge in [-0.05, 0) is 49.2 Å². The van der Waals surface area contributed by atoms with Gasteiger partial charge in [-0.1, -0.05) is 48.0 Å². The summed E-state index contributed by atoms with van der Waals surface area (Å²) in [6.07, 6.45) is 1.79. The van der Waals surface area contributed by atoms with E-state index in [0.29, 0.717) is 30.0 Å². The standard InChI is InChI=1S/C27H26N4O2/c1-19-11-12-22(20(2)18-19)24-25(27(33)31(26(24)32)21-8-4-3-5-9-21)30-16-14-29(15-17-30)23-10-6-7-13-28-23/h3-13,18H,14-17H2,1-2H3. The Hall–Kier alpha value is -3.93. The van der Waals surface area contributed by atoms with Gasteiger partial charge in [0.1, 0.15) is 11.5 Å². The van der Waals surface area contributed by atoms with Crippen LogP contribution in [0.2, 0.25) is 0 Å². The molecule has 33 heavy (non-hydrogen) atoms. The number of nitrogens with zero attached hydrogens (tertiary/aromatic N) is 4. The first-order valence-corrected chi connectivity index (χ1v) is 11.2. The van der Waals surface area contributed by atoms with Gasteiger partial charge < -0.3 is 9.80 Å². The van der Waals surface area contributed by atoms with Crippen molar-refractivity contribution in [3.05, 3.63) is 95.3 Å². The van der Waals surface area contributed by atoms with Gasteiger partial charge in [0.05, 0.1) is 11.3 Å². The lowest BCUT2D eigenvalue weighted by atomic mass is 9.97. The summed E-state index contributed by atoms with van der Waals surface area (Å²) in [5.74, 6) is 0.410. The zero-order chi connectivity index (χ0) is 22.9. The van der Waals surface area contributed by atoms with Crippen LogP contribution in [0.4, 0.5) is 11.5 Å². The van der Waals surface area contributed by atoms with Gasteiger partial charge in [0, 0.05) is 32.4 Å². The van der Waals surface area contributed by atoms with Crippen molar-refractivity contribution in [1.29, 1.82) is 0 Å². The second-order valence-electron chi connectivity index (χ2n) is 8.49. The van der Waals surface area contributed by atoms with Crippen molar-refractivity contribution in [3.63, 3.8) is 0 Å². The van der Waals surface area contributed by atoms with Crippen LogP contribution in [0.3, 0.4) is 0 Å². The summed E-state index contributed by atoms with van der Waals surface area (Å²) in [5, 5.41) is 0. The highest BCUT2D eigenvalue weighted by Gasteiger charge is 2.43. The van der Waals surface area contributed by atoms with Gasteiger partial charge in [-0.25, -0.2) is 9.88 Å². The second kappa shape index (κ2) is 8.54. The van der Waals surface area contributed by atoms with Gasteiger partial charge in [-0.15, -0.1) is 0 Å². The third-order valence-corrected chi connectivity index (χ3v) is 6.29. The smallest absolute Gasteiger partial charge is 0.282 e. The van der Waals surface area contributed by atoms with Crippen molar-refractivity contribution in [2.45, 2.75) is 13.8 Å². The summed E-state index contributed by atoms with van der Waals surface area (Å²) < 4.78 is 0. The number of amides is 2. The maximum absolute atomic E-state index is 13.7. The quantitative estimate of drug-likeness (QED) is 0.580. The highest BCUT2D eigenvalue weighted by molar-refractivity contribution is 6.45. The molecule has 0 atom stereocenters. The van der Waals surface area contributed by atoms with Crippen LogP contribution < -0.4 is 9.80 Å². The number of para-hydroxylation sites is 1. The fourth-order valence-corrected chi connectivity index (χ4v) is 4.66. The molecule has 6 heteroatoms. The summed E-state index contributed by atoms with van der Waals surface area (Å²) in [4.78, 5) is 37.4. The van der Waals surface area contributed by atoms with Crippen LogP contribution in [0.1, 0.15) is 16.7 Å². The van der Waals surface area contributed by atoms with E-state index in [4.69, 9.17) is 0 Å². The molecule has 6 nitrogen and oxygen atoms in total. The van der Waals surface area contributed by atoms with E-state index in [1.165, 1.54) is 4.90 Å². The zero-order valence-electron chi connectivity index (χ0n) is 18.9. The normalized spacial score (nSPS) is 16.7. The van der Waals surface area contributed by atoms with Gasteiger partial charge in [0.25, 0.3) is 11.8 Å². The molecule has 0 saturated carbocycles. The SMILES string of the molecule is Cc1ccc(C2=C(N3CCN(c4ccccn4)CC3)C(=O)N(c3ccccc3)C2=O)c(C)c1. The van der Waals surface area contributed by atoms with Gasteiger partial charge in [-0.3, -0.25) is 9.59 Å². The summed E-state index contributed by atoms with van der Waals surface area (Å²) in [7, 11) is 0. The zero-order valence-corrected chi connectivity index (χ0v) is 18.9. The average molecular weight is 439 g/mol. The number of carbonyl (C=O) groups is 2. The average Bonchev–Trinajstić information content (AvgIpc) is 3.10. The maximum Gasteiger partial charge on any atom is 0.282 e. The minimum absolute atomic E-state index is 0.257. The van der Waals surface area contributed by atoms with E-state index in [9.17, 15) is 9.59 Å². The van der Waals surface area contributed by atoms with Crippen LogP contribution in [-0.2, 0) is 9.59 Å². The predicted octanol–water partition coefficient (Wildman–Crippen LogP) is 3.81. The van der Waals surface area contributed by atoms with E-state index in [1.807, 2.05) is 62.4 Å². The Morgan fingerprint density at radius 3 is 2.12 bits per heavy atom. The molecule has 1 saturated heterocycles. The molecule has 0 bridgehead atoms. The van der Waals surface area contributed by atoms with E-state index in [1.54, 1.807) is 18.3 Å². The molecule has 0 unspecified atom stereocenters. The van der Waals surface area contributed by atoms with E-state index >= 15 is 0 Å². The molecule has 166 valence electrons. The molecule has 1 aromatic heterocycles. The molecule has 3 heterocycles. The third-order valence-electron chi connectivity index (χ3n) is 6.29. The van der Waals surface area contributed by atoms with Gasteiger partial charge in [-0.2, -0.15) is 0 Å². The molecule has 2 aromatic carbocycles. The molecule has 0 radical (unpaired) electrons. The highest BCUT2D eigenvalue weighted by Crippen LogP contribution is 2.36. The van der Waals surface area contributed by atoms with Gasteiger partial charge in [0.2, 0.25) is 0 Å². The van der Waals surface area contributed by atoms with E-state index in [2.05, 4.69) is 20.9 Å². The Balaban J connectivity index is 1.53. The number of benzene rings is 2. The number of imide groups is 1. The number of aryl methyl sites for hydroxylation is 2. The molecule has 0 spiro atoms. The Bertz CT molecular complexity index is 1230. The summed E-state index contributed by atoms with van der Waals surface area (Å²) in [6.45, 7) is 6.76. The van der Waals surface area contributed by atoms with Crippen LogP contribution in [0.25, 0.3) is 5.57 Å². The molecule has 3 aromatic rings. The molecular weight excluding hydrogens is 412 g/mol. The number of pyridine rings is 1. The van der Waals surface area contributed by atoms with Crippen LogP contribution in [0.15, 0.2) is 78.6 Å². The number of rotatable bonds is 4. The molecule has 2 aliphatic rings. The summed E-state index contributed by atoms with van der Waals surface area (Å²) >= 11 is 0. The molecule has 2 amide bonds.